The fourth-order valence-corrected chi connectivity index (χ4v) is 3.01. The van der Waals surface area contributed by atoms with Gasteiger partial charge in [-0.25, -0.2) is 4.98 Å². The number of anilines is 1. The van der Waals surface area contributed by atoms with Gasteiger partial charge in [-0.05, 0) is 36.8 Å². The molecule has 0 bridgehead atoms. The van der Waals surface area contributed by atoms with E-state index in [9.17, 15) is 9.59 Å². The van der Waals surface area contributed by atoms with E-state index >= 15 is 0 Å². The van der Waals surface area contributed by atoms with Gasteiger partial charge in [0, 0.05) is 25.5 Å². The molecule has 6 heteroatoms. The molecular weight excluding hydrogens is 368 g/mol. The molecule has 3 aromatic rings. The highest BCUT2D eigenvalue weighted by Crippen LogP contribution is 2.16. The zero-order chi connectivity index (χ0) is 20.6. The van der Waals surface area contributed by atoms with Crippen molar-refractivity contribution in [3.8, 4) is 5.75 Å². The third kappa shape index (κ3) is 6.31. The van der Waals surface area contributed by atoms with Crippen LogP contribution in [0.3, 0.4) is 0 Å². The van der Waals surface area contributed by atoms with Crippen molar-refractivity contribution in [3.63, 3.8) is 0 Å². The number of carbonyl (C=O) groups excluding carboxylic acids is 2. The van der Waals surface area contributed by atoms with Crippen molar-refractivity contribution >= 4 is 17.4 Å². The van der Waals surface area contributed by atoms with Crippen molar-refractivity contribution in [3.05, 3.63) is 77.5 Å². The summed E-state index contributed by atoms with van der Waals surface area (Å²) in [4.78, 5) is 28.6. The Hall–Kier alpha value is -3.41. The molecule has 2 aromatic carbocycles. The van der Waals surface area contributed by atoms with Crippen molar-refractivity contribution in [2.75, 3.05) is 11.9 Å². The first kappa shape index (κ1) is 20.3. The lowest BCUT2D eigenvalue weighted by Gasteiger charge is -2.08. The number of aryl methyl sites for hydroxylation is 2. The summed E-state index contributed by atoms with van der Waals surface area (Å²) in [5.41, 5.74) is 2.38. The minimum Gasteiger partial charge on any atom is -0.493 e. The molecule has 6 nitrogen and oxygen atoms in total. The van der Waals surface area contributed by atoms with Gasteiger partial charge in [0.15, 0.2) is 5.89 Å². The summed E-state index contributed by atoms with van der Waals surface area (Å²) in [6.45, 7) is 4.16. The number of benzene rings is 2. The normalized spacial score (nSPS) is 10.6. The molecule has 0 fully saturated rings. The number of carbonyl (C=O) groups is 2. The number of ketones is 1. The summed E-state index contributed by atoms with van der Waals surface area (Å²) < 4.78 is 11.2. The summed E-state index contributed by atoms with van der Waals surface area (Å²) in [5.74, 6) is 1.67. The van der Waals surface area contributed by atoms with Crippen molar-refractivity contribution in [1.82, 2.24) is 4.98 Å². The minimum atomic E-state index is -0.313. The Morgan fingerprint density at radius 1 is 1.07 bits per heavy atom. The van der Waals surface area contributed by atoms with E-state index in [1.165, 1.54) is 0 Å². The van der Waals surface area contributed by atoms with Crippen LogP contribution in [0.5, 0.6) is 5.75 Å². The van der Waals surface area contributed by atoms with Crippen LogP contribution >= 0.6 is 0 Å². The minimum absolute atomic E-state index is 0.149. The molecule has 0 atom stereocenters. The van der Waals surface area contributed by atoms with Gasteiger partial charge in [0.25, 0.3) is 0 Å². The van der Waals surface area contributed by atoms with Crippen molar-refractivity contribution < 1.29 is 18.7 Å². The third-order valence-corrected chi connectivity index (χ3v) is 4.32. The molecule has 0 radical (unpaired) electrons. The molecule has 0 aliphatic heterocycles. The number of hydrogen-bond donors (Lipinski definition) is 1. The number of hydrogen-bond acceptors (Lipinski definition) is 5. The third-order valence-electron chi connectivity index (χ3n) is 4.32. The Labute approximate surface area is 169 Å². The number of aromatic nitrogens is 1. The van der Waals surface area contributed by atoms with Crippen LogP contribution in [0.2, 0.25) is 0 Å². The average molecular weight is 392 g/mol. The first-order chi connectivity index (χ1) is 14.0. The fourth-order valence-electron chi connectivity index (χ4n) is 3.01. The summed E-state index contributed by atoms with van der Waals surface area (Å²) >= 11 is 0. The van der Waals surface area contributed by atoms with E-state index in [0.29, 0.717) is 30.4 Å². The van der Waals surface area contributed by atoms with E-state index in [1.807, 2.05) is 56.3 Å². The summed E-state index contributed by atoms with van der Waals surface area (Å²) in [6, 6.07) is 16.4. The van der Waals surface area contributed by atoms with Crippen molar-refractivity contribution in [1.29, 1.82) is 0 Å². The number of nitrogens with zero attached hydrogens (tertiary/aromatic N) is 1. The standard InChI is InChI=1S/C23H24N2O4/c1-16-22(24-17(2)29-16)11-12-28-21-10-6-7-18(14-21)13-20(26)15-23(27)25-19-8-4-3-5-9-19/h3-10,14H,11-13,15H2,1-2H3,(H,25,27). The molecule has 150 valence electrons. The van der Waals surface area contributed by atoms with Crippen LogP contribution in [0.4, 0.5) is 5.69 Å². The maximum atomic E-state index is 12.2. The molecule has 3 rings (SSSR count). The van der Waals surface area contributed by atoms with Crippen LogP contribution in [0.1, 0.15) is 29.3 Å². The van der Waals surface area contributed by atoms with Gasteiger partial charge in [0.1, 0.15) is 17.3 Å². The second-order valence-corrected chi connectivity index (χ2v) is 6.79. The highest BCUT2D eigenvalue weighted by atomic mass is 16.5. The quantitative estimate of drug-likeness (QED) is 0.556. The van der Waals surface area contributed by atoms with Crippen LogP contribution in [-0.4, -0.2) is 23.3 Å². The monoisotopic (exact) mass is 392 g/mol. The highest BCUT2D eigenvalue weighted by Gasteiger charge is 2.11. The predicted octanol–water partition coefficient (Wildman–Crippen LogP) is 4.05. The number of amides is 1. The lowest BCUT2D eigenvalue weighted by atomic mass is 10.1. The van der Waals surface area contributed by atoms with E-state index in [-0.39, 0.29) is 24.5 Å². The van der Waals surface area contributed by atoms with Crippen molar-refractivity contribution in [2.24, 2.45) is 0 Å². The maximum absolute atomic E-state index is 12.2. The fraction of sp³-hybridized carbons (Fsp3) is 0.261. The van der Waals surface area contributed by atoms with Crippen LogP contribution < -0.4 is 10.1 Å². The largest absolute Gasteiger partial charge is 0.493 e. The van der Waals surface area contributed by atoms with Gasteiger partial charge in [-0.15, -0.1) is 0 Å². The van der Waals surface area contributed by atoms with E-state index in [0.717, 1.165) is 17.0 Å². The second kappa shape index (κ2) is 9.68. The lowest BCUT2D eigenvalue weighted by molar-refractivity contribution is -0.125. The van der Waals surface area contributed by atoms with Gasteiger partial charge in [-0.3, -0.25) is 9.59 Å². The Morgan fingerprint density at radius 2 is 1.86 bits per heavy atom. The van der Waals surface area contributed by atoms with E-state index < -0.39 is 0 Å². The SMILES string of the molecule is Cc1nc(CCOc2cccc(CC(=O)CC(=O)Nc3ccccc3)c2)c(C)o1. The van der Waals surface area contributed by atoms with Gasteiger partial charge in [0.2, 0.25) is 5.91 Å². The van der Waals surface area contributed by atoms with E-state index in [1.54, 1.807) is 12.1 Å². The molecule has 0 unspecified atom stereocenters. The molecule has 1 aromatic heterocycles. The molecule has 0 aliphatic rings. The summed E-state index contributed by atoms with van der Waals surface area (Å²) in [6.07, 6.45) is 0.664. The molecule has 1 amide bonds. The topological polar surface area (TPSA) is 81.4 Å². The smallest absolute Gasteiger partial charge is 0.231 e. The number of rotatable bonds is 9. The highest BCUT2D eigenvalue weighted by molar-refractivity contribution is 6.04. The summed E-state index contributed by atoms with van der Waals surface area (Å²) in [7, 11) is 0. The predicted molar refractivity (Wildman–Crippen MR) is 110 cm³/mol. The molecule has 0 saturated heterocycles. The molecule has 0 aliphatic carbocycles. The van der Waals surface area contributed by atoms with Crippen molar-refractivity contribution in [2.45, 2.75) is 33.1 Å². The van der Waals surface area contributed by atoms with Gasteiger partial charge in [-0.2, -0.15) is 0 Å². The molecular formula is C23H24N2O4. The Balaban J connectivity index is 1.47. The molecule has 0 spiro atoms. The first-order valence-electron chi connectivity index (χ1n) is 9.51. The van der Waals surface area contributed by atoms with Crippen LogP contribution in [0, 0.1) is 13.8 Å². The van der Waals surface area contributed by atoms with Gasteiger partial charge in [-0.1, -0.05) is 30.3 Å². The molecule has 0 saturated carbocycles. The second-order valence-electron chi connectivity index (χ2n) is 6.79. The number of oxazole rings is 1. The molecule has 1 N–H and O–H groups in total. The van der Waals surface area contributed by atoms with Crippen LogP contribution in [0.25, 0.3) is 0 Å². The Bertz CT molecular complexity index is 980. The number of nitrogens with one attached hydrogen (secondary N) is 1. The average Bonchev–Trinajstić information content (AvgIpc) is 3.00. The molecule has 29 heavy (non-hydrogen) atoms. The van der Waals surface area contributed by atoms with E-state index in [2.05, 4.69) is 10.3 Å². The maximum Gasteiger partial charge on any atom is 0.231 e. The van der Waals surface area contributed by atoms with Crippen LogP contribution in [-0.2, 0) is 22.4 Å². The zero-order valence-electron chi connectivity index (χ0n) is 16.6. The Kier molecular flexibility index (Phi) is 6.79. The van der Waals surface area contributed by atoms with Gasteiger partial charge >= 0.3 is 0 Å². The lowest BCUT2D eigenvalue weighted by Crippen LogP contribution is -2.17. The Morgan fingerprint density at radius 3 is 2.59 bits per heavy atom. The summed E-state index contributed by atoms with van der Waals surface area (Å²) in [5, 5.41) is 2.72. The number of para-hydroxylation sites is 1. The van der Waals surface area contributed by atoms with Crippen LogP contribution in [0.15, 0.2) is 59.0 Å². The van der Waals surface area contributed by atoms with E-state index in [4.69, 9.17) is 9.15 Å². The number of Topliss-reactive ketones (excluding diaryl/α,β-unsaturated/α-hetero) is 1. The van der Waals surface area contributed by atoms with Gasteiger partial charge < -0.3 is 14.5 Å². The van der Waals surface area contributed by atoms with Gasteiger partial charge in [0.05, 0.1) is 18.7 Å². The first-order valence-corrected chi connectivity index (χ1v) is 9.51. The zero-order valence-corrected chi connectivity index (χ0v) is 16.6. The molecule has 1 heterocycles. The number of ether oxygens (including phenoxy) is 1.